The van der Waals surface area contributed by atoms with Crippen LogP contribution in [0.3, 0.4) is 0 Å². The van der Waals surface area contributed by atoms with E-state index in [1.54, 1.807) is 11.8 Å². The fourth-order valence-corrected chi connectivity index (χ4v) is 1.06. The van der Waals surface area contributed by atoms with Crippen molar-refractivity contribution >= 4 is 5.97 Å². The highest BCUT2D eigenvalue weighted by Crippen LogP contribution is 2.23. The zero-order chi connectivity index (χ0) is 13.2. The SMILES string of the molecule is O=C(O)c1c(F)c(F)c(C#CCO)c(F)c1F. The molecule has 0 spiro atoms. The number of aromatic carboxylic acids is 1. The normalized spacial score (nSPS) is 9.71. The molecular formula is C10H4F4O3. The van der Waals surface area contributed by atoms with E-state index in [1.807, 2.05) is 0 Å². The van der Waals surface area contributed by atoms with Crippen LogP contribution in [-0.4, -0.2) is 22.8 Å². The van der Waals surface area contributed by atoms with Crippen molar-refractivity contribution in [2.75, 3.05) is 6.61 Å². The van der Waals surface area contributed by atoms with Crippen LogP contribution in [0.15, 0.2) is 0 Å². The molecule has 17 heavy (non-hydrogen) atoms. The Labute approximate surface area is 92.3 Å². The summed E-state index contributed by atoms with van der Waals surface area (Å²) >= 11 is 0. The van der Waals surface area contributed by atoms with Crippen molar-refractivity contribution in [1.29, 1.82) is 0 Å². The average molecular weight is 248 g/mol. The largest absolute Gasteiger partial charge is 0.477 e. The maximum Gasteiger partial charge on any atom is 0.341 e. The second kappa shape index (κ2) is 4.84. The first kappa shape index (κ1) is 13.0. The summed E-state index contributed by atoms with van der Waals surface area (Å²) in [6.07, 6.45) is 0. The molecular weight excluding hydrogens is 244 g/mol. The van der Waals surface area contributed by atoms with E-state index >= 15 is 0 Å². The standard InChI is InChI=1S/C10H4F4O3/c11-6-4(2-1-3-15)7(12)9(14)5(8(6)13)10(16)17/h15H,3H2,(H,16,17). The van der Waals surface area contributed by atoms with Crippen molar-refractivity contribution in [1.82, 2.24) is 0 Å². The van der Waals surface area contributed by atoms with Crippen LogP contribution in [0.1, 0.15) is 15.9 Å². The van der Waals surface area contributed by atoms with Crippen LogP contribution in [0.25, 0.3) is 0 Å². The minimum atomic E-state index is -2.14. The molecule has 0 aliphatic heterocycles. The van der Waals surface area contributed by atoms with Crippen LogP contribution in [0.5, 0.6) is 0 Å². The number of carbonyl (C=O) groups is 1. The zero-order valence-corrected chi connectivity index (χ0v) is 8.02. The van der Waals surface area contributed by atoms with E-state index in [9.17, 15) is 22.4 Å². The molecule has 0 unspecified atom stereocenters. The summed E-state index contributed by atoms with van der Waals surface area (Å²) in [5, 5.41) is 16.7. The predicted molar refractivity (Wildman–Crippen MR) is 47.2 cm³/mol. The summed E-state index contributed by atoms with van der Waals surface area (Å²) in [5.41, 5.74) is -2.99. The second-order valence-corrected chi connectivity index (χ2v) is 2.77. The van der Waals surface area contributed by atoms with Crippen molar-refractivity contribution in [3.8, 4) is 11.8 Å². The molecule has 0 amide bonds. The third-order valence-electron chi connectivity index (χ3n) is 1.77. The first-order valence-corrected chi connectivity index (χ1v) is 4.10. The van der Waals surface area contributed by atoms with Crippen molar-refractivity contribution in [3.63, 3.8) is 0 Å². The number of hydrogen-bond donors (Lipinski definition) is 2. The van der Waals surface area contributed by atoms with E-state index in [-0.39, 0.29) is 0 Å². The van der Waals surface area contributed by atoms with Gasteiger partial charge in [0.2, 0.25) is 0 Å². The Kier molecular flexibility index (Phi) is 3.70. The molecule has 0 aromatic heterocycles. The summed E-state index contributed by atoms with van der Waals surface area (Å²) in [7, 11) is 0. The zero-order valence-electron chi connectivity index (χ0n) is 8.02. The Hall–Kier alpha value is -2.07. The lowest BCUT2D eigenvalue weighted by Crippen LogP contribution is -2.11. The molecule has 0 heterocycles. The van der Waals surface area contributed by atoms with Gasteiger partial charge in [-0.15, -0.1) is 0 Å². The summed E-state index contributed by atoms with van der Waals surface area (Å²) in [6, 6.07) is 0. The first-order chi connectivity index (χ1) is 7.91. The second-order valence-electron chi connectivity index (χ2n) is 2.77. The molecule has 0 atom stereocenters. The van der Waals surface area contributed by atoms with E-state index in [0.717, 1.165) is 0 Å². The molecule has 1 aromatic carbocycles. The van der Waals surface area contributed by atoms with E-state index in [1.165, 1.54) is 0 Å². The molecule has 1 rings (SSSR count). The lowest BCUT2D eigenvalue weighted by molar-refractivity contribution is 0.0683. The van der Waals surface area contributed by atoms with Crippen LogP contribution in [0.4, 0.5) is 17.6 Å². The van der Waals surface area contributed by atoms with Gasteiger partial charge >= 0.3 is 5.97 Å². The fraction of sp³-hybridized carbons (Fsp3) is 0.100. The van der Waals surface area contributed by atoms with Gasteiger partial charge in [-0.25, -0.2) is 22.4 Å². The van der Waals surface area contributed by atoms with Crippen LogP contribution >= 0.6 is 0 Å². The predicted octanol–water partition coefficient (Wildman–Crippen LogP) is 1.29. The topological polar surface area (TPSA) is 57.5 Å². The van der Waals surface area contributed by atoms with Gasteiger partial charge in [0.15, 0.2) is 23.3 Å². The number of rotatable bonds is 1. The van der Waals surface area contributed by atoms with Crippen molar-refractivity contribution in [2.24, 2.45) is 0 Å². The lowest BCUT2D eigenvalue weighted by atomic mass is 10.1. The quantitative estimate of drug-likeness (QED) is 0.447. The van der Waals surface area contributed by atoms with Gasteiger partial charge in [-0.05, 0) is 0 Å². The Morgan fingerprint density at radius 1 is 1.06 bits per heavy atom. The van der Waals surface area contributed by atoms with Gasteiger partial charge < -0.3 is 10.2 Å². The van der Waals surface area contributed by atoms with E-state index in [0.29, 0.717) is 0 Å². The highest BCUT2D eigenvalue weighted by Gasteiger charge is 2.28. The number of carboxylic acids is 1. The molecule has 3 nitrogen and oxygen atoms in total. The first-order valence-electron chi connectivity index (χ1n) is 4.10. The molecule has 2 N–H and O–H groups in total. The van der Waals surface area contributed by atoms with Crippen molar-refractivity contribution in [3.05, 3.63) is 34.4 Å². The Balaban J connectivity index is 3.64. The number of halogens is 4. The molecule has 7 heteroatoms. The molecule has 0 radical (unpaired) electrons. The summed E-state index contributed by atoms with van der Waals surface area (Å²) in [4.78, 5) is 10.4. The smallest absolute Gasteiger partial charge is 0.341 e. The van der Waals surface area contributed by atoms with Crippen molar-refractivity contribution in [2.45, 2.75) is 0 Å². The highest BCUT2D eigenvalue weighted by molar-refractivity contribution is 5.88. The molecule has 0 saturated carbocycles. The maximum absolute atomic E-state index is 13.2. The van der Waals surface area contributed by atoms with Gasteiger partial charge in [0.1, 0.15) is 17.7 Å². The molecule has 0 aliphatic carbocycles. The molecule has 0 bridgehead atoms. The number of hydrogen-bond acceptors (Lipinski definition) is 2. The van der Waals surface area contributed by atoms with Crippen LogP contribution in [-0.2, 0) is 0 Å². The van der Waals surface area contributed by atoms with Gasteiger partial charge in [0.05, 0.1) is 0 Å². The Morgan fingerprint density at radius 3 is 1.88 bits per heavy atom. The molecule has 0 aliphatic rings. The molecule has 90 valence electrons. The van der Waals surface area contributed by atoms with Crippen LogP contribution in [0.2, 0.25) is 0 Å². The monoisotopic (exact) mass is 248 g/mol. The molecule has 0 saturated heterocycles. The van der Waals surface area contributed by atoms with Gasteiger partial charge in [0, 0.05) is 0 Å². The van der Waals surface area contributed by atoms with E-state index in [2.05, 4.69) is 0 Å². The summed E-state index contributed by atoms with van der Waals surface area (Å²) < 4.78 is 52.5. The lowest BCUT2D eigenvalue weighted by Gasteiger charge is -2.05. The third kappa shape index (κ3) is 2.21. The van der Waals surface area contributed by atoms with E-state index in [4.69, 9.17) is 10.2 Å². The molecule has 1 aromatic rings. The minimum absolute atomic E-state index is 0.775. The van der Waals surface area contributed by atoms with Gasteiger partial charge in [0.25, 0.3) is 0 Å². The van der Waals surface area contributed by atoms with Crippen LogP contribution < -0.4 is 0 Å². The average Bonchev–Trinajstić information content (AvgIpc) is 2.26. The molecule has 0 fully saturated rings. The van der Waals surface area contributed by atoms with Gasteiger partial charge in [-0.2, -0.15) is 0 Å². The van der Waals surface area contributed by atoms with Gasteiger partial charge in [-0.3, -0.25) is 0 Å². The summed E-state index contributed by atoms with van der Waals surface area (Å²) in [6.45, 7) is -0.775. The van der Waals surface area contributed by atoms with Gasteiger partial charge in [-0.1, -0.05) is 11.8 Å². The third-order valence-corrected chi connectivity index (χ3v) is 1.77. The highest BCUT2D eigenvalue weighted by atomic mass is 19.2. The number of carboxylic acid groups (broad SMARTS) is 1. The number of aliphatic hydroxyl groups is 1. The van der Waals surface area contributed by atoms with Crippen molar-refractivity contribution < 1.29 is 32.6 Å². The summed E-state index contributed by atoms with van der Waals surface area (Å²) in [5.74, 6) is -6.60. The maximum atomic E-state index is 13.2. The minimum Gasteiger partial charge on any atom is -0.477 e. The van der Waals surface area contributed by atoms with Crippen LogP contribution in [0, 0.1) is 35.1 Å². The Morgan fingerprint density at radius 2 is 1.53 bits per heavy atom. The number of benzene rings is 1. The number of aliphatic hydroxyl groups excluding tert-OH is 1. The fourth-order valence-electron chi connectivity index (χ4n) is 1.06. The Bertz CT molecular complexity index is 514. The van der Waals surface area contributed by atoms with E-state index < -0.39 is 47.0 Å².